The summed E-state index contributed by atoms with van der Waals surface area (Å²) in [5.41, 5.74) is 1.05. The molecule has 0 radical (unpaired) electrons. The number of rotatable bonds is 10. The maximum atomic E-state index is 5.67. The Morgan fingerprint density at radius 1 is 1.26 bits per heavy atom. The van der Waals surface area contributed by atoms with Crippen molar-refractivity contribution >= 4 is 21.9 Å². The zero-order valence-electron chi connectivity index (χ0n) is 16.3. The van der Waals surface area contributed by atoms with Crippen LogP contribution in [0, 0.1) is 0 Å². The summed E-state index contributed by atoms with van der Waals surface area (Å²) in [5, 5.41) is 6.60. The second kappa shape index (κ2) is 12.0. The largest absolute Gasteiger partial charge is 0.493 e. The predicted octanol–water partition coefficient (Wildman–Crippen LogP) is 2.72. The Bertz CT molecular complexity index is 607. The molecule has 1 aromatic carbocycles. The van der Waals surface area contributed by atoms with E-state index in [9.17, 15) is 0 Å². The number of hydrogen-bond donors (Lipinski definition) is 2. The highest BCUT2D eigenvalue weighted by Crippen LogP contribution is 2.33. The maximum Gasteiger partial charge on any atom is 0.191 e. The van der Waals surface area contributed by atoms with Crippen LogP contribution in [0.1, 0.15) is 24.8 Å². The van der Waals surface area contributed by atoms with Gasteiger partial charge in [-0.15, -0.1) is 0 Å². The molecular formula is C19H30BrN3O4. The molecule has 0 saturated carbocycles. The molecule has 1 aliphatic heterocycles. The minimum Gasteiger partial charge on any atom is -0.493 e. The van der Waals surface area contributed by atoms with Crippen molar-refractivity contribution in [2.75, 3.05) is 47.6 Å². The molecule has 1 fully saturated rings. The van der Waals surface area contributed by atoms with Crippen LogP contribution < -0.4 is 20.1 Å². The number of nitrogens with one attached hydrogen (secondary N) is 2. The van der Waals surface area contributed by atoms with Gasteiger partial charge in [0, 0.05) is 37.8 Å². The van der Waals surface area contributed by atoms with Crippen LogP contribution in [0.15, 0.2) is 21.6 Å². The second-order valence-corrected chi connectivity index (χ2v) is 7.07. The molecule has 0 bridgehead atoms. The number of hydrogen-bond acceptors (Lipinski definition) is 5. The monoisotopic (exact) mass is 443 g/mol. The van der Waals surface area contributed by atoms with E-state index in [0.29, 0.717) is 31.3 Å². The number of halogens is 1. The Morgan fingerprint density at radius 2 is 2.04 bits per heavy atom. The SMILES string of the molecule is CN=C(NCCCOCC1CCCO1)NCc1cc(OC)c(OC)cc1Br. The van der Waals surface area contributed by atoms with Crippen LogP contribution in [0.3, 0.4) is 0 Å². The Balaban J connectivity index is 1.69. The Labute approximate surface area is 169 Å². The Hall–Kier alpha value is -1.51. The van der Waals surface area contributed by atoms with Gasteiger partial charge in [-0.3, -0.25) is 4.99 Å². The van der Waals surface area contributed by atoms with Gasteiger partial charge in [-0.25, -0.2) is 0 Å². The zero-order valence-corrected chi connectivity index (χ0v) is 17.9. The molecule has 8 heteroatoms. The molecule has 0 spiro atoms. The topological polar surface area (TPSA) is 73.3 Å². The maximum absolute atomic E-state index is 5.67. The first-order valence-electron chi connectivity index (χ1n) is 9.22. The van der Waals surface area contributed by atoms with Crippen LogP contribution in [0.2, 0.25) is 0 Å². The van der Waals surface area contributed by atoms with Crippen molar-refractivity contribution in [1.29, 1.82) is 0 Å². The molecule has 1 unspecified atom stereocenters. The number of methoxy groups -OCH3 is 2. The molecule has 0 aromatic heterocycles. The van der Waals surface area contributed by atoms with Gasteiger partial charge < -0.3 is 29.6 Å². The first kappa shape index (κ1) is 21.8. The molecule has 2 rings (SSSR count). The average molecular weight is 444 g/mol. The summed E-state index contributed by atoms with van der Waals surface area (Å²) in [7, 11) is 5.01. The van der Waals surface area contributed by atoms with Gasteiger partial charge in [0.25, 0.3) is 0 Å². The summed E-state index contributed by atoms with van der Waals surface area (Å²) in [4.78, 5) is 4.25. The molecular weight excluding hydrogens is 414 g/mol. The second-order valence-electron chi connectivity index (χ2n) is 6.21. The van der Waals surface area contributed by atoms with Gasteiger partial charge in [0.15, 0.2) is 17.5 Å². The fraction of sp³-hybridized carbons (Fsp3) is 0.632. The fourth-order valence-corrected chi connectivity index (χ4v) is 3.27. The molecule has 1 saturated heterocycles. The third-order valence-electron chi connectivity index (χ3n) is 4.31. The normalized spacial score (nSPS) is 17.0. The molecule has 0 aliphatic carbocycles. The van der Waals surface area contributed by atoms with Gasteiger partial charge >= 0.3 is 0 Å². The summed E-state index contributed by atoms with van der Waals surface area (Å²) >= 11 is 3.57. The van der Waals surface area contributed by atoms with Crippen LogP contribution >= 0.6 is 15.9 Å². The summed E-state index contributed by atoms with van der Waals surface area (Å²) in [5.74, 6) is 2.14. The van der Waals surface area contributed by atoms with Crippen molar-refractivity contribution in [2.45, 2.75) is 31.9 Å². The van der Waals surface area contributed by atoms with Crippen LogP contribution in [0.4, 0.5) is 0 Å². The van der Waals surface area contributed by atoms with E-state index in [1.807, 2.05) is 12.1 Å². The number of ether oxygens (including phenoxy) is 4. The quantitative estimate of drug-likeness (QED) is 0.329. The highest BCUT2D eigenvalue weighted by molar-refractivity contribution is 9.10. The van der Waals surface area contributed by atoms with Crippen molar-refractivity contribution in [1.82, 2.24) is 10.6 Å². The highest BCUT2D eigenvalue weighted by atomic mass is 79.9. The number of benzene rings is 1. The van der Waals surface area contributed by atoms with Crippen molar-refractivity contribution in [2.24, 2.45) is 4.99 Å². The van der Waals surface area contributed by atoms with E-state index in [2.05, 4.69) is 31.6 Å². The Morgan fingerprint density at radius 3 is 2.70 bits per heavy atom. The summed E-state index contributed by atoms with van der Waals surface area (Å²) < 4.78 is 22.8. The van der Waals surface area contributed by atoms with Gasteiger partial charge in [0.1, 0.15) is 0 Å². The molecule has 27 heavy (non-hydrogen) atoms. The lowest BCUT2D eigenvalue weighted by molar-refractivity contribution is 0.0168. The standard InChI is InChI=1S/C19H30BrN3O4/c1-21-19(22-7-5-8-26-13-15-6-4-9-27-15)23-12-14-10-17(24-2)18(25-3)11-16(14)20/h10-11,15H,4-9,12-13H2,1-3H3,(H2,21,22,23). The van der Waals surface area contributed by atoms with Gasteiger partial charge in [-0.2, -0.15) is 0 Å². The van der Waals surface area contributed by atoms with Gasteiger partial charge in [-0.05, 0) is 37.0 Å². The fourth-order valence-electron chi connectivity index (χ4n) is 2.80. The van der Waals surface area contributed by atoms with Gasteiger partial charge in [0.05, 0.1) is 26.9 Å². The average Bonchev–Trinajstić information content (AvgIpc) is 3.20. The minimum absolute atomic E-state index is 0.285. The lowest BCUT2D eigenvalue weighted by atomic mass is 10.2. The summed E-state index contributed by atoms with van der Waals surface area (Å²) in [6, 6.07) is 3.85. The van der Waals surface area contributed by atoms with Crippen molar-refractivity contribution < 1.29 is 18.9 Å². The summed E-state index contributed by atoms with van der Waals surface area (Å²) in [6.07, 6.45) is 3.45. The van der Waals surface area contributed by atoms with Crippen LogP contribution in [-0.2, 0) is 16.0 Å². The third kappa shape index (κ3) is 7.20. The minimum atomic E-state index is 0.285. The molecule has 1 heterocycles. The molecule has 1 aliphatic rings. The van der Waals surface area contributed by atoms with E-state index in [0.717, 1.165) is 48.4 Å². The van der Waals surface area contributed by atoms with Gasteiger partial charge in [0.2, 0.25) is 0 Å². The van der Waals surface area contributed by atoms with Crippen molar-refractivity contribution in [3.05, 3.63) is 22.2 Å². The van der Waals surface area contributed by atoms with Crippen LogP contribution in [0.25, 0.3) is 0 Å². The van der Waals surface area contributed by atoms with Crippen LogP contribution in [-0.4, -0.2) is 59.7 Å². The molecule has 1 atom stereocenters. The number of guanidine groups is 1. The van der Waals surface area contributed by atoms with E-state index >= 15 is 0 Å². The van der Waals surface area contributed by atoms with E-state index in [1.165, 1.54) is 0 Å². The molecule has 1 aromatic rings. The Kier molecular flexibility index (Phi) is 9.72. The van der Waals surface area contributed by atoms with E-state index < -0.39 is 0 Å². The molecule has 2 N–H and O–H groups in total. The summed E-state index contributed by atoms with van der Waals surface area (Å²) in [6.45, 7) is 3.67. The molecule has 152 valence electrons. The highest BCUT2D eigenvalue weighted by Gasteiger charge is 2.15. The van der Waals surface area contributed by atoms with E-state index in [4.69, 9.17) is 18.9 Å². The smallest absolute Gasteiger partial charge is 0.191 e. The van der Waals surface area contributed by atoms with Crippen molar-refractivity contribution in [3.63, 3.8) is 0 Å². The zero-order chi connectivity index (χ0) is 19.5. The predicted molar refractivity (Wildman–Crippen MR) is 110 cm³/mol. The first-order chi connectivity index (χ1) is 13.2. The van der Waals surface area contributed by atoms with E-state index in [-0.39, 0.29) is 6.10 Å². The molecule has 0 amide bonds. The third-order valence-corrected chi connectivity index (χ3v) is 5.05. The lowest BCUT2D eigenvalue weighted by Gasteiger charge is -2.15. The lowest BCUT2D eigenvalue weighted by Crippen LogP contribution is -2.37. The number of nitrogens with zero attached hydrogens (tertiary/aromatic N) is 1. The molecule has 7 nitrogen and oxygen atoms in total. The number of aliphatic imine (C=N–C) groups is 1. The van der Waals surface area contributed by atoms with Crippen molar-refractivity contribution in [3.8, 4) is 11.5 Å². The first-order valence-corrected chi connectivity index (χ1v) is 10.0. The van der Waals surface area contributed by atoms with E-state index in [1.54, 1.807) is 21.3 Å². The van der Waals surface area contributed by atoms with Gasteiger partial charge in [-0.1, -0.05) is 15.9 Å². The van der Waals surface area contributed by atoms with Crippen LogP contribution in [0.5, 0.6) is 11.5 Å².